The topological polar surface area (TPSA) is 83.1 Å². The minimum Gasteiger partial charge on any atom is -0.497 e. The highest BCUT2D eigenvalue weighted by Crippen LogP contribution is 2.29. The van der Waals surface area contributed by atoms with Gasteiger partial charge in [0.05, 0.1) is 20.6 Å². The van der Waals surface area contributed by atoms with E-state index in [1.54, 1.807) is 31.4 Å². The number of ether oxygens (including phenoxy) is 4. The molecule has 2 aromatic carbocycles. The molecule has 0 saturated carbocycles. The maximum atomic E-state index is 12.3. The summed E-state index contributed by atoms with van der Waals surface area (Å²) >= 11 is 0. The maximum absolute atomic E-state index is 12.3. The molecule has 7 nitrogen and oxygen atoms in total. The Morgan fingerprint density at radius 1 is 0.966 bits per heavy atom. The third-order valence-electron chi connectivity index (χ3n) is 3.81. The van der Waals surface area contributed by atoms with Gasteiger partial charge in [-0.25, -0.2) is 0 Å². The third kappa shape index (κ3) is 7.28. The van der Waals surface area contributed by atoms with Crippen molar-refractivity contribution in [3.05, 3.63) is 53.6 Å². The Hall–Kier alpha value is -3.36. The van der Waals surface area contributed by atoms with Crippen molar-refractivity contribution in [2.45, 2.75) is 19.6 Å². The van der Waals surface area contributed by atoms with Crippen LogP contribution < -0.4 is 19.5 Å². The Bertz CT molecular complexity index is 826. The second-order valence-electron chi connectivity index (χ2n) is 5.83. The zero-order valence-electron chi connectivity index (χ0n) is 15.9. The van der Waals surface area contributed by atoms with E-state index >= 15 is 0 Å². The highest BCUT2D eigenvalue weighted by atomic mass is 19.3. The molecule has 0 unspecified atom stereocenters. The smallest absolute Gasteiger partial charge is 0.387 e. The second kappa shape index (κ2) is 10.8. The van der Waals surface area contributed by atoms with Gasteiger partial charge in [-0.05, 0) is 35.4 Å². The summed E-state index contributed by atoms with van der Waals surface area (Å²) in [6.45, 7) is -3.30. The molecule has 0 saturated heterocycles. The minimum atomic E-state index is -2.97. The molecule has 0 bridgehead atoms. The molecule has 1 N–H and O–H groups in total. The number of hydrogen-bond donors (Lipinski definition) is 1. The molecule has 9 heteroatoms. The van der Waals surface area contributed by atoms with Gasteiger partial charge in [-0.1, -0.05) is 18.2 Å². The molecule has 0 aliphatic heterocycles. The lowest BCUT2D eigenvalue weighted by Crippen LogP contribution is -2.28. The predicted molar refractivity (Wildman–Crippen MR) is 99.1 cm³/mol. The van der Waals surface area contributed by atoms with Gasteiger partial charge < -0.3 is 24.3 Å². The van der Waals surface area contributed by atoms with E-state index in [4.69, 9.17) is 14.2 Å². The standard InChI is InChI=1S/C20H21F2NO6/c1-26-15-6-3-13(4-7-15)10-19(25)28-12-18(24)23-11-14-5-8-16(29-20(21)22)17(9-14)27-2/h3-9,20H,10-12H2,1-2H3,(H,23,24). The summed E-state index contributed by atoms with van der Waals surface area (Å²) < 4.78 is 44.0. The van der Waals surface area contributed by atoms with Crippen LogP contribution in [0.4, 0.5) is 8.78 Å². The molecule has 0 fully saturated rings. The van der Waals surface area contributed by atoms with Crippen LogP contribution >= 0.6 is 0 Å². The normalized spacial score (nSPS) is 10.4. The van der Waals surface area contributed by atoms with Crippen LogP contribution in [0, 0.1) is 0 Å². The van der Waals surface area contributed by atoms with Crippen LogP contribution in [0.5, 0.6) is 17.2 Å². The van der Waals surface area contributed by atoms with Crippen molar-refractivity contribution >= 4 is 11.9 Å². The van der Waals surface area contributed by atoms with Gasteiger partial charge in [0, 0.05) is 6.54 Å². The zero-order chi connectivity index (χ0) is 21.2. The number of hydrogen-bond acceptors (Lipinski definition) is 6. The van der Waals surface area contributed by atoms with Crippen molar-refractivity contribution in [2.24, 2.45) is 0 Å². The molecule has 29 heavy (non-hydrogen) atoms. The number of carbonyl (C=O) groups is 2. The van der Waals surface area contributed by atoms with Gasteiger partial charge in [0.1, 0.15) is 5.75 Å². The average Bonchev–Trinajstić information content (AvgIpc) is 2.71. The van der Waals surface area contributed by atoms with Gasteiger partial charge in [-0.15, -0.1) is 0 Å². The monoisotopic (exact) mass is 409 g/mol. The highest BCUT2D eigenvalue weighted by Gasteiger charge is 2.12. The van der Waals surface area contributed by atoms with Crippen LogP contribution in [0.25, 0.3) is 0 Å². The van der Waals surface area contributed by atoms with Crippen LogP contribution in [-0.2, 0) is 27.3 Å². The summed E-state index contributed by atoms with van der Waals surface area (Å²) in [5.74, 6) is -0.361. The Kier molecular flexibility index (Phi) is 8.20. The summed E-state index contributed by atoms with van der Waals surface area (Å²) in [5.41, 5.74) is 1.33. The molecule has 0 atom stereocenters. The molecule has 0 aromatic heterocycles. The fourth-order valence-corrected chi connectivity index (χ4v) is 2.37. The first-order valence-corrected chi connectivity index (χ1v) is 8.58. The maximum Gasteiger partial charge on any atom is 0.387 e. The Balaban J connectivity index is 1.78. The van der Waals surface area contributed by atoms with Gasteiger partial charge in [0.2, 0.25) is 0 Å². The number of methoxy groups -OCH3 is 2. The summed E-state index contributed by atoms with van der Waals surface area (Å²) in [5, 5.41) is 2.57. The van der Waals surface area contributed by atoms with Crippen molar-refractivity contribution in [1.82, 2.24) is 5.32 Å². The molecule has 1 amide bonds. The number of carbonyl (C=O) groups excluding carboxylic acids is 2. The van der Waals surface area contributed by atoms with Crippen molar-refractivity contribution < 1.29 is 37.3 Å². The quantitative estimate of drug-likeness (QED) is 0.608. The molecule has 156 valence electrons. The number of alkyl halides is 2. The van der Waals surface area contributed by atoms with Crippen LogP contribution in [-0.4, -0.2) is 39.3 Å². The SMILES string of the molecule is COc1ccc(CC(=O)OCC(=O)NCc2ccc(OC(F)F)c(OC)c2)cc1. The summed E-state index contributed by atoms with van der Waals surface area (Å²) in [7, 11) is 2.86. The van der Waals surface area contributed by atoms with E-state index < -0.39 is 25.1 Å². The number of nitrogens with one attached hydrogen (secondary N) is 1. The van der Waals surface area contributed by atoms with E-state index in [1.165, 1.54) is 25.3 Å². The molecular weight excluding hydrogens is 388 g/mol. The predicted octanol–water partition coefficient (Wildman–Crippen LogP) is 2.71. The largest absolute Gasteiger partial charge is 0.497 e. The van der Waals surface area contributed by atoms with Crippen LogP contribution in [0.3, 0.4) is 0 Å². The van der Waals surface area contributed by atoms with Gasteiger partial charge in [-0.3, -0.25) is 9.59 Å². The lowest BCUT2D eigenvalue weighted by molar-refractivity contribution is -0.147. The van der Waals surface area contributed by atoms with E-state index in [-0.39, 0.29) is 24.5 Å². The second-order valence-corrected chi connectivity index (χ2v) is 5.83. The van der Waals surface area contributed by atoms with Crippen LogP contribution in [0.15, 0.2) is 42.5 Å². The van der Waals surface area contributed by atoms with Crippen molar-refractivity contribution in [1.29, 1.82) is 0 Å². The first kappa shape index (κ1) is 21.9. The van der Waals surface area contributed by atoms with Gasteiger partial charge in [0.25, 0.3) is 5.91 Å². The molecule has 0 aliphatic rings. The highest BCUT2D eigenvalue weighted by molar-refractivity contribution is 5.81. The van der Waals surface area contributed by atoms with Gasteiger partial charge in [0.15, 0.2) is 18.1 Å². The van der Waals surface area contributed by atoms with E-state index in [2.05, 4.69) is 10.1 Å². The summed E-state index contributed by atoms with van der Waals surface area (Å²) in [4.78, 5) is 23.7. The van der Waals surface area contributed by atoms with Gasteiger partial charge in [-0.2, -0.15) is 8.78 Å². The summed E-state index contributed by atoms with van der Waals surface area (Å²) in [6, 6.07) is 11.2. The Morgan fingerprint density at radius 2 is 1.66 bits per heavy atom. The third-order valence-corrected chi connectivity index (χ3v) is 3.81. The van der Waals surface area contributed by atoms with Crippen LogP contribution in [0.1, 0.15) is 11.1 Å². The van der Waals surface area contributed by atoms with E-state index in [9.17, 15) is 18.4 Å². The molecule has 0 heterocycles. The fraction of sp³-hybridized carbons (Fsp3) is 0.300. The van der Waals surface area contributed by atoms with Crippen molar-refractivity contribution in [3.63, 3.8) is 0 Å². The summed E-state index contributed by atoms with van der Waals surface area (Å²) in [6.07, 6.45) is 0.0278. The first-order chi connectivity index (χ1) is 13.9. The molecule has 0 spiro atoms. The molecule has 0 radical (unpaired) electrons. The molecular formula is C20H21F2NO6. The van der Waals surface area contributed by atoms with Gasteiger partial charge >= 0.3 is 12.6 Å². The zero-order valence-corrected chi connectivity index (χ0v) is 15.9. The van der Waals surface area contributed by atoms with E-state index in [0.717, 1.165) is 5.56 Å². The van der Waals surface area contributed by atoms with Crippen molar-refractivity contribution in [3.8, 4) is 17.2 Å². The number of benzene rings is 2. The minimum absolute atomic E-state index is 0.0278. The number of amides is 1. The number of esters is 1. The Labute approximate surface area is 166 Å². The molecule has 2 aromatic rings. The first-order valence-electron chi connectivity index (χ1n) is 8.58. The van der Waals surface area contributed by atoms with E-state index in [1.807, 2.05) is 0 Å². The number of halogens is 2. The molecule has 2 rings (SSSR count). The lowest BCUT2D eigenvalue weighted by atomic mass is 10.1. The van der Waals surface area contributed by atoms with Crippen LogP contribution in [0.2, 0.25) is 0 Å². The average molecular weight is 409 g/mol. The van der Waals surface area contributed by atoms with E-state index in [0.29, 0.717) is 11.3 Å². The fourth-order valence-electron chi connectivity index (χ4n) is 2.37. The van der Waals surface area contributed by atoms with Crippen molar-refractivity contribution in [2.75, 3.05) is 20.8 Å². The number of rotatable bonds is 10. The Morgan fingerprint density at radius 3 is 2.28 bits per heavy atom. The lowest BCUT2D eigenvalue weighted by Gasteiger charge is -2.12. The molecule has 0 aliphatic carbocycles.